The normalized spacial score (nSPS) is 15.9. The summed E-state index contributed by atoms with van der Waals surface area (Å²) in [5, 5.41) is 7.77. The zero-order valence-corrected chi connectivity index (χ0v) is 11.4. The predicted molar refractivity (Wildman–Crippen MR) is 72.8 cm³/mol. The molecule has 18 heavy (non-hydrogen) atoms. The summed E-state index contributed by atoms with van der Waals surface area (Å²) in [5.41, 5.74) is 2.47. The average molecular weight is 250 g/mol. The highest BCUT2D eigenvalue weighted by Gasteiger charge is 2.17. The lowest BCUT2D eigenvalue weighted by Gasteiger charge is -2.17. The second kappa shape index (κ2) is 6.02. The minimum atomic E-state index is 0.877. The van der Waals surface area contributed by atoms with Gasteiger partial charge in [-0.25, -0.2) is 0 Å². The smallest absolute Gasteiger partial charge is 0.164 e. The van der Waals surface area contributed by atoms with Gasteiger partial charge in [0.2, 0.25) is 0 Å². The number of ether oxygens (including phenoxy) is 1. The minimum Gasteiger partial charge on any atom is -0.493 e. The number of nitrogens with zero attached hydrogens (tertiary/aromatic N) is 3. The monoisotopic (exact) mass is 250 g/mol. The molecule has 2 heterocycles. The zero-order chi connectivity index (χ0) is 13.0. The fraction of sp³-hybridized carbons (Fsp3) is 0.615. The van der Waals surface area contributed by atoms with E-state index in [2.05, 4.69) is 40.2 Å². The van der Waals surface area contributed by atoms with Crippen molar-refractivity contribution in [3.05, 3.63) is 18.0 Å². The van der Waals surface area contributed by atoms with Gasteiger partial charge < -0.3 is 15.0 Å². The van der Waals surface area contributed by atoms with Crippen LogP contribution in [0.5, 0.6) is 5.75 Å². The number of nitrogens with one attached hydrogen (secondary N) is 1. The Labute approximate surface area is 108 Å². The van der Waals surface area contributed by atoms with Gasteiger partial charge in [0.15, 0.2) is 5.75 Å². The largest absolute Gasteiger partial charge is 0.493 e. The van der Waals surface area contributed by atoms with E-state index < -0.39 is 0 Å². The number of aromatic nitrogens is 2. The van der Waals surface area contributed by atoms with Crippen molar-refractivity contribution < 1.29 is 4.74 Å². The summed E-state index contributed by atoms with van der Waals surface area (Å²) < 4.78 is 7.48. The van der Waals surface area contributed by atoms with Crippen LogP contribution in [0, 0.1) is 0 Å². The molecule has 0 unspecified atom stereocenters. The second-order valence-electron chi connectivity index (χ2n) is 4.77. The lowest BCUT2D eigenvalue weighted by atomic mass is 10.1. The van der Waals surface area contributed by atoms with Crippen LogP contribution in [0.3, 0.4) is 0 Å². The molecular weight excluding hydrogens is 228 g/mol. The number of methoxy groups -OCH3 is 1. The molecule has 0 saturated carbocycles. The van der Waals surface area contributed by atoms with E-state index in [1.807, 2.05) is 6.20 Å². The third-order valence-corrected chi connectivity index (χ3v) is 3.15. The first-order chi connectivity index (χ1) is 8.72. The summed E-state index contributed by atoms with van der Waals surface area (Å²) in [6.45, 7) is 3.81. The van der Waals surface area contributed by atoms with Crippen molar-refractivity contribution in [1.29, 1.82) is 0 Å². The Balaban J connectivity index is 2.24. The summed E-state index contributed by atoms with van der Waals surface area (Å²) in [6, 6.07) is 0. The van der Waals surface area contributed by atoms with E-state index in [-0.39, 0.29) is 0 Å². The Morgan fingerprint density at radius 2 is 2.33 bits per heavy atom. The maximum absolute atomic E-state index is 5.43. The molecular formula is C13H22N4O. The first kappa shape index (κ1) is 13.1. The molecule has 1 aliphatic heterocycles. The molecule has 2 rings (SSSR count). The number of likely N-dealkylation sites (N-methyl/N-ethyl adjacent to an activating group) is 1. The van der Waals surface area contributed by atoms with Gasteiger partial charge in [0.05, 0.1) is 19.9 Å². The molecule has 0 amide bonds. The van der Waals surface area contributed by atoms with Gasteiger partial charge in [-0.15, -0.1) is 0 Å². The highest BCUT2D eigenvalue weighted by atomic mass is 16.5. The van der Waals surface area contributed by atoms with Crippen LogP contribution in [-0.4, -0.2) is 55.5 Å². The zero-order valence-electron chi connectivity index (χ0n) is 11.4. The summed E-state index contributed by atoms with van der Waals surface area (Å²) in [5.74, 6) is 0.877. The molecule has 0 atom stereocenters. The molecule has 0 aromatic carbocycles. The molecule has 5 nitrogen and oxygen atoms in total. The fourth-order valence-electron chi connectivity index (χ4n) is 2.14. The highest BCUT2D eigenvalue weighted by Crippen LogP contribution is 2.28. The quantitative estimate of drug-likeness (QED) is 0.840. The van der Waals surface area contributed by atoms with Crippen LogP contribution in [-0.2, 0) is 6.54 Å². The Kier molecular flexibility index (Phi) is 4.38. The Bertz CT molecular complexity index is 423. The maximum Gasteiger partial charge on any atom is 0.164 e. The van der Waals surface area contributed by atoms with Crippen LogP contribution in [0.25, 0.3) is 5.57 Å². The van der Waals surface area contributed by atoms with Crippen LogP contribution in [0.2, 0.25) is 0 Å². The minimum absolute atomic E-state index is 0.877. The first-order valence-electron chi connectivity index (χ1n) is 6.37. The van der Waals surface area contributed by atoms with Gasteiger partial charge in [-0.2, -0.15) is 5.10 Å². The van der Waals surface area contributed by atoms with Gasteiger partial charge in [-0.05, 0) is 32.6 Å². The third kappa shape index (κ3) is 2.91. The van der Waals surface area contributed by atoms with Crippen molar-refractivity contribution in [2.75, 3.05) is 40.8 Å². The van der Waals surface area contributed by atoms with E-state index in [1.165, 1.54) is 5.57 Å². The van der Waals surface area contributed by atoms with E-state index in [0.29, 0.717) is 0 Å². The van der Waals surface area contributed by atoms with Crippen LogP contribution in [0.1, 0.15) is 12.1 Å². The molecule has 0 spiro atoms. The van der Waals surface area contributed by atoms with E-state index in [9.17, 15) is 0 Å². The van der Waals surface area contributed by atoms with E-state index >= 15 is 0 Å². The lowest BCUT2D eigenvalue weighted by Crippen LogP contribution is -2.23. The first-order valence-corrected chi connectivity index (χ1v) is 6.37. The molecule has 100 valence electrons. The van der Waals surface area contributed by atoms with Crippen LogP contribution in [0.4, 0.5) is 0 Å². The predicted octanol–water partition coefficient (Wildman–Crippen LogP) is 0.830. The topological polar surface area (TPSA) is 42.3 Å². The van der Waals surface area contributed by atoms with E-state index in [1.54, 1.807) is 7.11 Å². The molecule has 0 saturated heterocycles. The summed E-state index contributed by atoms with van der Waals surface area (Å²) in [6.07, 6.45) is 5.08. The average Bonchev–Trinajstić information content (AvgIpc) is 2.80. The van der Waals surface area contributed by atoms with Crippen LogP contribution < -0.4 is 10.1 Å². The maximum atomic E-state index is 5.43. The van der Waals surface area contributed by atoms with Crippen LogP contribution in [0.15, 0.2) is 12.3 Å². The van der Waals surface area contributed by atoms with Crippen molar-refractivity contribution in [3.63, 3.8) is 0 Å². The number of hydrogen-bond acceptors (Lipinski definition) is 4. The lowest BCUT2D eigenvalue weighted by molar-refractivity contribution is 0.370. The summed E-state index contributed by atoms with van der Waals surface area (Å²) in [4.78, 5) is 2.16. The Morgan fingerprint density at radius 3 is 2.94 bits per heavy atom. The standard InChI is InChI=1S/C13H22N4O/c1-16(2)8-9-17-13(12(18-3)10-15-17)11-4-6-14-7-5-11/h4,10,14H,5-9H2,1-3H3. The second-order valence-corrected chi connectivity index (χ2v) is 4.77. The van der Waals surface area contributed by atoms with E-state index in [4.69, 9.17) is 4.74 Å². The fourth-order valence-corrected chi connectivity index (χ4v) is 2.14. The number of hydrogen-bond donors (Lipinski definition) is 1. The summed E-state index contributed by atoms with van der Waals surface area (Å²) in [7, 11) is 5.85. The van der Waals surface area contributed by atoms with E-state index in [0.717, 1.165) is 44.0 Å². The van der Waals surface area contributed by atoms with Crippen molar-refractivity contribution in [2.24, 2.45) is 0 Å². The summed E-state index contributed by atoms with van der Waals surface area (Å²) >= 11 is 0. The van der Waals surface area contributed by atoms with Crippen molar-refractivity contribution >= 4 is 5.57 Å². The molecule has 5 heteroatoms. The molecule has 0 bridgehead atoms. The molecule has 1 aromatic heterocycles. The SMILES string of the molecule is COc1cnn(CCN(C)C)c1C1=CCNCC1. The van der Waals surface area contributed by atoms with Gasteiger partial charge in [0.25, 0.3) is 0 Å². The van der Waals surface area contributed by atoms with Gasteiger partial charge in [-0.1, -0.05) is 6.08 Å². The van der Waals surface area contributed by atoms with Crippen LogP contribution >= 0.6 is 0 Å². The Hall–Kier alpha value is -1.33. The third-order valence-electron chi connectivity index (χ3n) is 3.15. The number of rotatable bonds is 5. The molecule has 0 radical (unpaired) electrons. The van der Waals surface area contributed by atoms with Gasteiger partial charge in [0, 0.05) is 13.1 Å². The van der Waals surface area contributed by atoms with Gasteiger partial charge in [-0.3, -0.25) is 4.68 Å². The van der Waals surface area contributed by atoms with Crippen molar-refractivity contribution in [2.45, 2.75) is 13.0 Å². The van der Waals surface area contributed by atoms with Crippen molar-refractivity contribution in [3.8, 4) is 5.75 Å². The molecule has 1 aromatic rings. The van der Waals surface area contributed by atoms with Gasteiger partial charge >= 0.3 is 0 Å². The van der Waals surface area contributed by atoms with Gasteiger partial charge in [0.1, 0.15) is 5.69 Å². The molecule has 0 fully saturated rings. The molecule has 1 N–H and O–H groups in total. The van der Waals surface area contributed by atoms with Crippen molar-refractivity contribution in [1.82, 2.24) is 20.0 Å². The molecule has 0 aliphatic carbocycles. The Morgan fingerprint density at radius 1 is 1.50 bits per heavy atom. The molecule has 1 aliphatic rings. The highest BCUT2D eigenvalue weighted by molar-refractivity contribution is 5.68.